The van der Waals surface area contributed by atoms with Gasteiger partial charge in [0.05, 0.1) is 5.69 Å². The maximum absolute atomic E-state index is 4.70. The number of anilines is 1. The Bertz CT molecular complexity index is 354. The number of hydrogen-bond donors (Lipinski definition) is 1. The van der Waals surface area contributed by atoms with E-state index in [0.29, 0.717) is 12.1 Å². The van der Waals surface area contributed by atoms with Crippen LogP contribution in [0.25, 0.3) is 0 Å². The molecule has 2 atom stereocenters. The molecule has 0 spiro atoms. The van der Waals surface area contributed by atoms with Gasteiger partial charge < -0.3 is 10.2 Å². The third-order valence-corrected chi connectivity index (χ3v) is 4.47. The molecule has 98 valence electrons. The third-order valence-electron chi connectivity index (χ3n) is 3.52. The number of thiazole rings is 1. The first-order chi connectivity index (χ1) is 7.77. The molecule has 3 nitrogen and oxygen atoms in total. The number of aromatic nitrogens is 1. The highest BCUT2D eigenvalue weighted by Gasteiger charge is 2.25. The molecule has 0 aliphatic rings. The maximum atomic E-state index is 4.70. The zero-order chi connectivity index (χ0) is 13.2. The summed E-state index contributed by atoms with van der Waals surface area (Å²) < 4.78 is 0. The summed E-state index contributed by atoms with van der Waals surface area (Å²) in [6, 6.07) is 0.782. The minimum atomic E-state index is 0.259. The Morgan fingerprint density at radius 2 is 1.94 bits per heavy atom. The van der Waals surface area contributed by atoms with Gasteiger partial charge in [-0.1, -0.05) is 20.8 Å². The summed E-state index contributed by atoms with van der Waals surface area (Å²) in [5, 5.41) is 6.46. The fourth-order valence-electron chi connectivity index (χ4n) is 1.53. The van der Waals surface area contributed by atoms with Gasteiger partial charge in [-0.2, -0.15) is 0 Å². The lowest BCUT2D eigenvalue weighted by Gasteiger charge is -2.35. The van der Waals surface area contributed by atoms with E-state index >= 15 is 0 Å². The number of hydrogen-bond acceptors (Lipinski definition) is 4. The Morgan fingerprint density at radius 3 is 2.41 bits per heavy atom. The van der Waals surface area contributed by atoms with E-state index in [4.69, 9.17) is 4.98 Å². The SMILES string of the molecule is CNC(C)c1csc(N(C)C(C)C(C)(C)C)n1. The van der Waals surface area contributed by atoms with Crippen LogP contribution in [0.4, 0.5) is 5.13 Å². The molecule has 0 bridgehead atoms. The topological polar surface area (TPSA) is 28.2 Å². The molecule has 0 aliphatic heterocycles. The molecule has 1 N–H and O–H groups in total. The second-order valence-electron chi connectivity index (χ2n) is 5.72. The molecule has 0 saturated carbocycles. The monoisotopic (exact) mass is 255 g/mol. The zero-order valence-corrected chi connectivity index (χ0v) is 12.9. The van der Waals surface area contributed by atoms with E-state index in [2.05, 4.69) is 57.3 Å². The van der Waals surface area contributed by atoms with Gasteiger partial charge in [0.25, 0.3) is 0 Å². The van der Waals surface area contributed by atoms with E-state index in [1.807, 2.05) is 7.05 Å². The van der Waals surface area contributed by atoms with Crippen LogP contribution < -0.4 is 10.2 Å². The number of rotatable bonds is 4. The molecule has 1 heterocycles. The smallest absolute Gasteiger partial charge is 0.185 e. The number of nitrogens with one attached hydrogen (secondary N) is 1. The summed E-state index contributed by atoms with van der Waals surface area (Å²) in [4.78, 5) is 6.97. The van der Waals surface area contributed by atoms with Crippen molar-refractivity contribution in [2.45, 2.75) is 46.7 Å². The van der Waals surface area contributed by atoms with Crippen molar-refractivity contribution in [3.05, 3.63) is 11.1 Å². The quantitative estimate of drug-likeness (QED) is 0.895. The summed E-state index contributed by atoms with van der Waals surface area (Å²) in [7, 11) is 4.09. The first kappa shape index (κ1) is 14.5. The molecule has 0 aromatic carbocycles. The van der Waals surface area contributed by atoms with E-state index in [-0.39, 0.29) is 5.41 Å². The fourth-order valence-corrected chi connectivity index (χ4v) is 2.50. The van der Waals surface area contributed by atoms with Crippen LogP contribution in [-0.4, -0.2) is 25.1 Å². The zero-order valence-electron chi connectivity index (χ0n) is 12.0. The molecule has 1 rings (SSSR count). The molecule has 17 heavy (non-hydrogen) atoms. The first-order valence-corrected chi connectivity index (χ1v) is 7.01. The Balaban J connectivity index is 2.83. The number of nitrogens with zero attached hydrogens (tertiary/aromatic N) is 2. The predicted molar refractivity (Wildman–Crippen MR) is 76.9 cm³/mol. The third kappa shape index (κ3) is 3.42. The van der Waals surface area contributed by atoms with Crippen LogP contribution in [0.15, 0.2) is 5.38 Å². The van der Waals surface area contributed by atoms with Gasteiger partial charge in [0.15, 0.2) is 5.13 Å². The minimum Gasteiger partial charge on any atom is -0.348 e. The van der Waals surface area contributed by atoms with Crippen LogP contribution in [0.3, 0.4) is 0 Å². The Morgan fingerprint density at radius 1 is 1.35 bits per heavy atom. The summed E-state index contributed by atoms with van der Waals surface area (Å²) >= 11 is 1.72. The van der Waals surface area contributed by atoms with Crippen molar-refractivity contribution in [1.29, 1.82) is 0 Å². The van der Waals surface area contributed by atoms with E-state index in [1.54, 1.807) is 11.3 Å². The van der Waals surface area contributed by atoms with E-state index in [0.717, 1.165) is 10.8 Å². The van der Waals surface area contributed by atoms with Crippen molar-refractivity contribution >= 4 is 16.5 Å². The van der Waals surface area contributed by atoms with Crippen LogP contribution in [0.5, 0.6) is 0 Å². The Kier molecular flexibility index (Phi) is 4.55. The molecular weight excluding hydrogens is 230 g/mol. The van der Waals surface area contributed by atoms with Crippen LogP contribution >= 0.6 is 11.3 Å². The highest BCUT2D eigenvalue weighted by atomic mass is 32.1. The molecule has 0 saturated heterocycles. The highest BCUT2D eigenvalue weighted by Crippen LogP contribution is 2.30. The van der Waals surface area contributed by atoms with Gasteiger partial charge in [0.1, 0.15) is 0 Å². The highest BCUT2D eigenvalue weighted by molar-refractivity contribution is 7.13. The van der Waals surface area contributed by atoms with Crippen LogP contribution in [-0.2, 0) is 0 Å². The van der Waals surface area contributed by atoms with Crippen LogP contribution in [0.2, 0.25) is 0 Å². The summed E-state index contributed by atoms with van der Waals surface area (Å²) in [5.41, 5.74) is 1.38. The molecule has 0 aliphatic carbocycles. The molecule has 0 fully saturated rings. The van der Waals surface area contributed by atoms with Crippen LogP contribution in [0.1, 0.15) is 46.4 Å². The largest absolute Gasteiger partial charge is 0.348 e. The fraction of sp³-hybridized carbons (Fsp3) is 0.769. The van der Waals surface area contributed by atoms with E-state index in [9.17, 15) is 0 Å². The van der Waals surface area contributed by atoms with Crippen molar-refractivity contribution in [2.24, 2.45) is 5.41 Å². The van der Waals surface area contributed by atoms with Gasteiger partial charge in [-0.05, 0) is 26.3 Å². The summed E-state index contributed by atoms with van der Waals surface area (Å²) in [6.07, 6.45) is 0. The normalized spacial score (nSPS) is 15.7. The van der Waals surface area contributed by atoms with E-state index in [1.165, 1.54) is 0 Å². The second kappa shape index (κ2) is 5.36. The van der Waals surface area contributed by atoms with Crippen molar-refractivity contribution < 1.29 is 0 Å². The average molecular weight is 255 g/mol. The molecular formula is C13H25N3S. The summed E-state index contributed by atoms with van der Waals surface area (Å²) in [6.45, 7) is 11.2. The molecule has 1 aromatic rings. The Hall–Kier alpha value is -0.610. The second-order valence-corrected chi connectivity index (χ2v) is 6.55. The average Bonchev–Trinajstić information content (AvgIpc) is 2.73. The molecule has 0 amide bonds. The molecule has 4 heteroatoms. The van der Waals surface area contributed by atoms with Gasteiger partial charge in [0, 0.05) is 24.5 Å². The van der Waals surface area contributed by atoms with Gasteiger partial charge in [-0.3, -0.25) is 0 Å². The minimum absolute atomic E-state index is 0.259. The van der Waals surface area contributed by atoms with Gasteiger partial charge in [-0.25, -0.2) is 4.98 Å². The van der Waals surface area contributed by atoms with Gasteiger partial charge in [-0.15, -0.1) is 11.3 Å². The van der Waals surface area contributed by atoms with Gasteiger partial charge in [0.2, 0.25) is 0 Å². The Labute approximate surface area is 109 Å². The van der Waals surface area contributed by atoms with Crippen LogP contribution in [0, 0.1) is 5.41 Å². The molecule has 0 radical (unpaired) electrons. The maximum Gasteiger partial charge on any atom is 0.185 e. The van der Waals surface area contributed by atoms with Crippen molar-refractivity contribution in [3.63, 3.8) is 0 Å². The van der Waals surface area contributed by atoms with Crippen molar-refractivity contribution in [3.8, 4) is 0 Å². The van der Waals surface area contributed by atoms with E-state index < -0.39 is 0 Å². The van der Waals surface area contributed by atoms with Crippen molar-refractivity contribution in [1.82, 2.24) is 10.3 Å². The van der Waals surface area contributed by atoms with Gasteiger partial charge >= 0.3 is 0 Å². The molecule has 1 aromatic heterocycles. The molecule has 2 unspecified atom stereocenters. The lowest BCUT2D eigenvalue weighted by atomic mass is 9.87. The first-order valence-electron chi connectivity index (χ1n) is 6.13. The predicted octanol–water partition coefficient (Wildman–Crippen LogP) is 3.29. The van der Waals surface area contributed by atoms with Crippen molar-refractivity contribution in [2.75, 3.05) is 19.0 Å². The lowest BCUT2D eigenvalue weighted by molar-refractivity contribution is 0.329. The lowest BCUT2D eigenvalue weighted by Crippen LogP contribution is -2.39. The standard InChI is InChI=1S/C13H25N3S/c1-9(14-6)11-8-17-12(15-11)16(7)10(2)13(3,4)5/h8-10,14H,1-7H3. The summed E-state index contributed by atoms with van der Waals surface area (Å²) in [5.74, 6) is 0.